The Bertz CT molecular complexity index is 824. The Balaban J connectivity index is 1.93. The third-order valence-electron chi connectivity index (χ3n) is 3.86. The molecule has 0 spiro atoms. The molecule has 1 saturated heterocycles. The van der Waals surface area contributed by atoms with Crippen LogP contribution in [0.5, 0.6) is 0 Å². The average Bonchev–Trinajstić information content (AvgIpc) is 3.16. The summed E-state index contributed by atoms with van der Waals surface area (Å²) in [6.45, 7) is -0.459. The molecule has 1 aromatic carbocycles. The summed E-state index contributed by atoms with van der Waals surface area (Å²) in [7, 11) is 0. The van der Waals surface area contributed by atoms with Crippen molar-refractivity contribution in [2.45, 2.75) is 24.5 Å². The average molecular weight is 343 g/mol. The van der Waals surface area contributed by atoms with Gasteiger partial charge in [-0.3, -0.25) is 4.79 Å². The van der Waals surface area contributed by atoms with E-state index in [1.54, 1.807) is 0 Å². The van der Waals surface area contributed by atoms with Gasteiger partial charge in [-0.1, -0.05) is 30.0 Å². The molecule has 0 bridgehead atoms. The van der Waals surface area contributed by atoms with Crippen LogP contribution in [0, 0.1) is 11.8 Å². The number of hydrogen-bond acceptors (Lipinski definition) is 6. The zero-order valence-electron chi connectivity index (χ0n) is 13.1. The van der Waals surface area contributed by atoms with E-state index in [2.05, 4.69) is 16.9 Å². The summed E-state index contributed by atoms with van der Waals surface area (Å²) >= 11 is 0. The normalized spacial score (nSPS) is 25.4. The fourth-order valence-electron chi connectivity index (χ4n) is 2.56. The molecule has 5 N–H and O–H groups in total. The number of ether oxygens (including phenoxy) is 1. The van der Waals surface area contributed by atoms with Gasteiger partial charge in [-0.15, -0.1) is 0 Å². The molecule has 1 fully saturated rings. The van der Waals surface area contributed by atoms with Gasteiger partial charge in [-0.2, -0.15) is 5.10 Å². The number of aliphatic hydroxyl groups is 3. The lowest BCUT2D eigenvalue weighted by Crippen LogP contribution is -2.33. The Labute approximate surface area is 143 Å². The minimum absolute atomic E-state index is 0.0684. The number of benzene rings is 1. The molecule has 2 heterocycles. The van der Waals surface area contributed by atoms with Crippen LogP contribution in [-0.2, 0) is 4.74 Å². The number of carbonyl (C=O) groups excluding carboxylic acids is 1. The minimum Gasteiger partial charge on any atom is -0.394 e. The number of aliphatic hydroxyl groups excluding tert-OH is 3. The summed E-state index contributed by atoms with van der Waals surface area (Å²) in [4.78, 5) is 11.6. The molecule has 0 saturated carbocycles. The number of carbonyl (C=O) groups is 1. The van der Waals surface area contributed by atoms with Crippen molar-refractivity contribution in [1.82, 2.24) is 9.78 Å². The van der Waals surface area contributed by atoms with Gasteiger partial charge in [0.05, 0.1) is 12.2 Å². The van der Waals surface area contributed by atoms with Gasteiger partial charge in [0.25, 0.3) is 5.91 Å². The van der Waals surface area contributed by atoms with Crippen molar-refractivity contribution >= 4 is 5.91 Å². The topological polar surface area (TPSA) is 131 Å². The van der Waals surface area contributed by atoms with Gasteiger partial charge in [-0.25, -0.2) is 4.68 Å². The van der Waals surface area contributed by atoms with Gasteiger partial charge in [-0.05, 0) is 12.1 Å². The van der Waals surface area contributed by atoms with Gasteiger partial charge in [0.2, 0.25) is 0 Å². The van der Waals surface area contributed by atoms with Crippen molar-refractivity contribution in [2.75, 3.05) is 6.61 Å². The SMILES string of the molecule is NC(=O)c1nn([C@@H]2O[C@H](CO)[C@@H](O)[C@H]2O)cc1C#Cc1ccccc1. The molecule has 4 atom stereocenters. The zero-order chi connectivity index (χ0) is 18.0. The molecule has 25 heavy (non-hydrogen) atoms. The Hall–Kier alpha value is -2.70. The van der Waals surface area contributed by atoms with E-state index in [1.165, 1.54) is 10.9 Å². The van der Waals surface area contributed by atoms with Crippen molar-refractivity contribution in [3.63, 3.8) is 0 Å². The first kappa shape index (κ1) is 17.1. The molecule has 130 valence electrons. The molecular weight excluding hydrogens is 326 g/mol. The van der Waals surface area contributed by atoms with Crippen LogP contribution in [-0.4, -0.2) is 55.9 Å². The Morgan fingerprint density at radius 2 is 1.96 bits per heavy atom. The molecule has 1 amide bonds. The van der Waals surface area contributed by atoms with Crippen LogP contribution in [0.4, 0.5) is 0 Å². The first-order valence-electron chi connectivity index (χ1n) is 7.59. The quantitative estimate of drug-likeness (QED) is 0.529. The van der Waals surface area contributed by atoms with Crippen molar-refractivity contribution in [2.24, 2.45) is 5.73 Å². The number of nitrogens with zero attached hydrogens (tertiary/aromatic N) is 2. The van der Waals surface area contributed by atoms with Crippen molar-refractivity contribution in [3.05, 3.63) is 53.3 Å². The van der Waals surface area contributed by atoms with Crippen LogP contribution in [0.1, 0.15) is 27.8 Å². The molecule has 0 radical (unpaired) electrons. The van der Waals surface area contributed by atoms with Crippen LogP contribution in [0.3, 0.4) is 0 Å². The Kier molecular flexibility index (Phi) is 4.83. The smallest absolute Gasteiger partial charge is 0.270 e. The highest BCUT2D eigenvalue weighted by Crippen LogP contribution is 2.29. The summed E-state index contributed by atoms with van der Waals surface area (Å²) in [6.07, 6.45) is -3.17. The number of nitrogens with two attached hydrogens (primary N) is 1. The van der Waals surface area contributed by atoms with Gasteiger partial charge in [0.1, 0.15) is 18.3 Å². The number of amides is 1. The highest BCUT2D eigenvalue weighted by molar-refractivity contribution is 5.93. The second-order valence-corrected chi connectivity index (χ2v) is 5.58. The molecule has 1 aromatic heterocycles. The third kappa shape index (κ3) is 3.40. The van der Waals surface area contributed by atoms with E-state index < -0.39 is 37.1 Å². The first-order valence-corrected chi connectivity index (χ1v) is 7.59. The summed E-state index contributed by atoms with van der Waals surface area (Å²) in [5.41, 5.74) is 6.29. The maximum Gasteiger partial charge on any atom is 0.270 e. The van der Waals surface area contributed by atoms with Crippen molar-refractivity contribution < 1.29 is 24.9 Å². The van der Waals surface area contributed by atoms with E-state index in [9.17, 15) is 15.0 Å². The van der Waals surface area contributed by atoms with Crippen LogP contribution in [0.15, 0.2) is 36.5 Å². The summed E-state index contributed by atoms with van der Waals surface area (Å²) < 4.78 is 6.56. The molecule has 0 unspecified atom stereocenters. The maximum atomic E-state index is 11.6. The van der Waals surface area contributed by atoms with E-state index >= 15 is 0 Å². The monoisotopic (exact) mass is 343 g/mol. The standard InChI is InChI=1S/C17H17N3O5/c18-16(24)13-11(7-6-10-4-2-1-3-5-10)8-20(19-13)17-15(23)14(22)12(9-21)25-17/h1-5,8,12,14-15,17,21-23H,9H2,(H2,18,24)/t12-,14-,15-,17-/m1/s1. The highest BCUT2D eigenvalue weighted by atomic mass is 16.6. The second kappa shape index (κ2) is 7.04. The molecule has 3 rings (SSSR count). The van der Waals surface area contributed by atoms with Crippen LogP contribution < -0.4 is 5.73 Å². The molecule has 1 aliphatic heterocycles. The fraction of sp³-hybridized carbons (Fsp3) is 0.294. The Morgan fingerprint density at radius 1 is 1.24 bits per heavy atom. The molecule has 0 aliphatic carbocycles. The lowest BCUT2D eigenvalue weighted by molar-refractivity contribution is -0.0587. The van der Waals surface area contributed by atoms with E-state index in [1.807, 2.05) is 30.3 Å². The third-order valence-corrected chi connectivity index (χ3v) is 3.86. The molecule has 8 nitrogen and oxygen atoms in total. The Morgan fingerprint density at radius 3 is 2.56 bits per heavy atom. The largest absolute Gasteiger partial charge is 0.394 e. The van der Waals surface area contributed by atoms with E-state index in [0.717, 1.165) is 5.56 Å². The lowest BCUT2D eigenvalue weighted by Gasteiger charge is -2.14. The van der Waals surface area contributed by atoms with Crippen LogP contribution in [0.2, 0.25) is 0 Å². The van der Waals surface area contributed by atoms with Crippen LogP contribution >= 0.6 is 0 Å². The molecule has 2 aromatic rings. The number of aromatic nitrogens is 2. The van der Waals surface area contributed by atoms with Gasteiger partial charge in [0, 0.05) is 11.8 Å². The predicted molar refractivity (Wildman–Crippen MR) is 86.2 cm³/mol. The first-order chi connectivity index (χ1) is 12.0. The molecule has 1 aliphatic rings. The maximum absolute atomic E-state index is 11.6. The van der Waals surface area contributed by atoms with E-state index in [-0.39, 0.29) is 11.3 Å². The predicted octanol–water partition coefficient (Wildman–Crippen LogP) is -1.01. The summed E-state index contributed by atoms with van der Waals surface area (Å²) in [5, 5.41) is 33.1. The number of hydrogen-bond donors (Lipinski definition) is 4. The van der Waals surface area contributed by atoms with Crippen molar-refractivity contribution in [3.8, 4) is 11.8 Å². The van der Waals surface area contributed by atoms with E-state index in [0.29, 0.717) is 0 Å². The van der Waals surface area contributed by atoms with E-state index in [4.69, 9.17) is 15.6 Å². The summed E-state index contributed by atoms with van der Waals surface area (Å²) in [5.74, 6) is 4.94. The van der Waals surface area contributed by atoms with Crippen LogP contribution in [0.25, 0.3) is 0 Å². The fourth-order valence-corrected chi connectivity index (χ4v) is 2.56. The van der Waals surface area contributed by atoms with Gasteiger partial charge >= 0.3 is 0 Å². The number of primary amides is 1. The number of rotatable bonds is 3. The molecule has 8 heteroatoms. The van der Waals surface area contributed by atoms with Gasteiger partial charge in [0.15, 0.2) is 11.9 Å². The minimum atomic E-state index is -1.31. The second-order valence-electron chi connectivity index (χ2n) is 5.58. The van der Waals surface area contributed by atoms with Crippen molar-refractivity contribution in [1.29, 1.82) is 0 Å². The lowest BCUT2D eigenvalue weighted by atomic mass is 10.1. The molecular formula is C17H17N3O5. The highest BCUT2D eigenvalue weighted by Gasteiger charge is 2.44. The van der Waals surface area contributed by atoms with Gasteiger partial charge < -0.3 is 25.8 Å². The zero-order valence-corrected chi connectivity index (χ0v) is 13.1. The summed E-state index contributed by atoms with van der Waals surface area (Å²) in [6, 6.07) is 9.16.